The van der Waals surface area contributed by atoms with Crippen LogP contribution in [0.15, 0.2) is 109 Å². The Morgan fingerprint density at radius 3 is 0.889 bits per heavy atom. The summed E-state index contributed by atoms with van der Waals surface area (Å²) in [5, 5.41) is 12.4. The van der Waals surface area contributed by atoms with Crippen molar-refractivity contribution in [3.05, 3.63) is 187 Å². The van der Waals surface area contributed by atoms with Gasteiger partial charge in [-0.1, -0.05) is 168 Å². The first-order valence-electron chi connectivity index (χ1n) is 25.8. The van der Waals surface area contributed by atoms with E-state index in [1.54, 1.807) is 0 Å². The fourth-order valence-corrected chi connectivity index (χ4v) is 9.98. The van der Waals surface area contributed by atoms with Crippen LogP contribution in [0.25, 0.3) is 0 Å². The molecule has 0 atom stereocenters. The Morgan fingerprint density at radius 2 is 0.653 bits per heavy atom. The van der Waals surface area contributed by atoms with Crippen LogP contribution in [0.1, 0.15) is 161 Å². The minimum Gasteiger partial charge on any atom is -0.496 e. The number of methoxy groups -OCH3 is 2. The van der Waals surface area contributed by atoms with Gasteiger partial charge in [-0.25, -0.2) is 9.59 Å². The maximum Gasteiger partial charge on any atom is 0.319 e. The quantitative estimate of drug-likeness (QED) is 0.110. The van der Waals surface area contributed by atoms with E-state index >= 15 is 0 Å². The fraction of sp³-hybridized carbons (Fsp3) is 0.406. The number of carbonyl (C=O) groups excluding carboxylic acids is 2. The summed E-state index contributed by atoms with van der Waals surface area (Å²) in [6.07, 6.45) is 3.78. The molecule has 72 heavy (non-hydrogen) atoms. The van der Waals surface area contributed by atoms with Crippen molar-refractivity contribution in [2.75, 3.05) is 37.9 Å². The van der Waals surface area contributed by atoms with Gasteiger partial charge in [-0.05, 0) is 137 Å². The number of carbonyl (C=O) groups is 2. The van der Waals surface area contributed by atoms with E-state index in [1.165, 1.54) is 55.6 Å². The third-order valence-electron chi connectivity index (χ3n) is 14.1. The molecule has 0 radical (unpaired) electrons. The van der Waals surface area contributed by atoms with E-state index < -0.39 is 0 Å². The lowest BCUT2D eigenvalue weighted by Gasteiger charge is -2.29. The highest BCUT2D eigenvalue weighted by molar-refractivity contribution is 5.89. The summed E-state index contributed by atoms with van der Waals surface area (Å²) in [6.45, 7) is 28.3. The van der Waals surface area contributed by atoms with Gasteiger partial charge in [0.1, 0.15) is 11.5 Å². The van der Waals surface area contributed by atoms with Crippen molar-refractivity contribution in [1.82, 2.24) is 10.6 Å². The highest BCUT2D eigenvalue weighted by atomic mass is 16.5. The van der Waals surface area contributed by atoms with Gasteiger partial charge >= 0.3 is 12.1 Å². The molecular weight excluding hydrogens is 889 g/mol. The molecule has 0 aromatic heterocycles. The van der Waals surface area contributed by atoms with Gasteiger partial charge in [-0.3, -0.25) is 0 Å². The van der Waals surface area contributed by atoms with Gasteiger partial charge in [-0.15, -0.1) is 0 Å². The highest BCUT2D eigenvalue weighted by Gasteiger charge is 2.28. The number of rotatable bonds is 10. The fourth-order valence-electron chi connectivity index (χ4n) is 9.98. The van der Waals surface area contributed by atoms with E-state index in [-0.39, 0.29) is 33.7 Å². The second kappa shape index (κ2) is 21.7. The summed E-state index contributed by atoms with van der Waals surface area (Å²) in [6, 6.07) is 37.7. The lowest BCUT2D eigenvalue weighted by molar-refractivity contribution is 0.251. The molecule has 4 N–H and O–H groups in total. The van der Waals surface area contributed by atoms with Crippen LogP contribution >= 0.6 is 0 Å². The van der Waals surface area contributed by atoms with Gasteiger partial charge in [0.05, 0.1) is 14.2 Å². The number of hydrogen-bond donors (Lipinski definition) is 4. The SMILES string of the molecule is COc1c2cc(C(C)(C)C)cc1Cc1cc(C(C)(C)C)cc(c1CCNC(=O)Nc1ccccc1)Cc1cc(C(C)(C)C)cc(c1OC)Cc1cc(C(C)(C)C)cc(c1CCNC(=O)Nc1ccccc1)C2. The van der Waals surface area contributed by atoms with Gasteiger partial charge in [0.2, 0.25) is 0 Å². The van der Waals surface area contributed by atoms with Crippen molar-refractivity contribution in [2.45, 2.75) is 143 Å². The maximum absolute atomic E-state index is 13.4. The smallest absolute Gasteiger partial charge is 0.319 e. The summed E-state index contributed by atoms with van der Waals surface area (Å²) in [7, 11) is 3.62. The number of anilines is 2. The molecule has 0 unspecified atom stereocenters. The van der Waals surface area contributed by atoms with E-state index in [9.17, 15) is 9.59 Å². The molecule has 1 aliphatic carbocycles. The summed E-state index contributed by atoms with van der Waals surface area (Å²) < 4.78 is 13.2. The van der Waals surface area contributed by atoms with Crippen molar-refractivity contribution < 1.29 is 19.1 Å². The van der Waals surface area contributed by atoms with Gasteiger partial charge in [0.15, 0.2) is 0 Å². The number of urea groups is 2. The third kappa shape index (κ3) is 13.1. The molecule has 0 spiro atoms. The number of ether oxygens (including phenoxy) is 2. The number of benzene rings is 6. The predicted octanol–water partition coefficient (Wildman–Crippen LogP) is 14.3. The molecule has 7 rings (SSSR count). The minimum absolute atomic E-state index is 0.150. The maximum atomic E-state index is 13.4. The number of amides is 4. The third-order valence-corrected chi connectivity index (χ3v) is 14.1. The Labute approximate surface area is 431 Å². The van der Waals surface area contributed by atoms with Crippen molar-refractivity contribution in [2.24, 2.45) is 0 Å². The van der Waals surface area contributed by atoms with Crippen molar-refractivity contribution >= 4 is 23.4 Å². The second-order valence-corrected chi connectivity index (χ2v) is 23.9. The van der Waals surface area contributed by atoms with E-state index in [1.807, 2.05) is 74.9 Å². The number of nitrogens with one attached hydrogen (secondary N) is 4. The van der Waals surface area contributed by atoms with Crippen LogP contribution in [0.2, 0.25) is 0 Å². The van der Waals surface area contributed by atoms with E-state index in [0.717, 1.165) is 45.1 Å². The summed E-state index contributed by atoms with van der Waals surface area (Å²) in [4.78, 5) is 26.8. The molecule has 8 nitrogen and oxygen atoms in total. The summed E-state index contributed by atoms with van der Waals surface area (Å²) in [5.41, 5.74) is 17.7. The van der Waals surface area contributed by atoms with Crippen LogP contribution < -0.4 is 30.7 Å². The first-order valence-corrected chi connectivity index (χ1v) is 25.8. The molecule has 0 fully saturated rings. The van der Waals surface area contributed by atoms with Crippen LogP contribution in [-0.4, -0.2) is 39.4 Å². The molecule has 0 saturated heterocycles. The predicted molar refractivity (Wildman–Crippen MR) is 299 cm³/mol. The first-order chi connectivity index (χ1) is 33.9. The average molecular weight is 969 g/mol. The molecule has 8 heteroatoms. The lowest BCUT2D eigenvalue weighted by Crippen LogP contribution is -2.31. The topological polar surface area (TPSA) is 101 Å². The molecule has 1 aliphatic rings. The molecule has 0 aliphatic heterocycles. The number of fused-ring (bicyclic) bond motifs is 8. The molecular formula is C64H80N4O4. The average Bonchev–Trinajstić information content (AvgIpc) is 3.29. The summed E-state index contributed by atoms with van der Waals surface area (Å²) in [5.74, 6) is 1.78. The van der Waals surface area contributed by atoms with Gasteiger partial charge in [0.25, 0.3) is 0 Å². The molecule has 380 valence electrons. The first kappa shape index (κ1) is 53.3. The monoisotopic (exact) mass is 969 g/mol. The second-order valence-electron chi connectivity index (χ2n) is 23.9. The number of para-hydroxylation sites is 2. The van der Waals surface area contributed by atoms with Crippen LogP contribution in [0.4, 0.5) is 21.0 Å². The largest absolute Gasteiger partial charge is 0.496 e. The Morgan fingerprint density at radius 1 is 0.403 bits per heavy atom. The molecule has 0 saturated carbocycles. The normalized spacial score (nSPS) is 13.0. The van der Waals surface area contributed by atoms with Crippen LogP contribution in [0.5, 0.6) is 11.5 Å². The zero-order chi connectivity index (χ0) is 52.2. The lowest BCUT2D eigenvalue weighted by atomic mass is 9.77. The molecule has 6 aromatic carbocycles. The van der Waals surface area contributed by atoms with Crippen LogP contribution in [0, 0.1) is 0 Å². The Kier molecular flexibility index (Phi) is 16.0. The minimum atomic E-state index is -0.234. The highest BCUT2D eigenvalue weighted by Crippen LogP contribution is 2.42. The Balaban J connectivity index is 1.47. The van der Waals surface area contributed by atoms with Crippen molar-refractivity contribution in [1.29, 1.82) is 0 Å². The van der Waals surface area contributed by atoms with E-state index in [2.05, 4.69) is 153 Å². The van der Waals surface area contributed by atoms with Crippen LogP contribution in [0.3, 0.4) is 0 Å². The number of hydrogen-bond acceptors (Lipinski definition) is 4. The Bertz CT molecular complexity index is 2600. The van der Waals surface area contributed by atoms with Gasteiger partial charge in [0, 0.05) is 50.1 Å². The molecule has 6 aromatic rings. The van der Waals surface area contributed by atoms with Gasteiger partial charge < -0.3 is 30.7 Å². The molecule has 0 heterocycles. The van der Waals surface area contributed by atoms with Crippen LogP contribution in [-0.2, 0) is 60.2 Å². The zero-order valence-electron chi connectivity index (χ0n) is 45.7. The Hall–Kier alpha value is -6.54. The van der Waals surface area contributed by atoms with Gasteiger partial charge in [-0.2, -0.15) is 0 Å². The molecule has 4 amide bonds. The standard InChI is InChI=1S/C64H80N4O4/c1-61(2,3)49-33-41-29-45-37-51(63(7,8)9)39-47(57(45)71-13)31-43-35-50(62(4,5)6)36-44(56(43)26-28-66-60(70)68-54-23-19-16-20-24-54)32-48-40-52(64(10,11)12)38-46(58(48)72-14)30-42(34-49)55(41)25-27-65-59(69)67-53-21-17-15-18-22-53/h15-24,33-40H,25-32H2,1-14H3,(H2,65,67,69)(H2,66,68,70). The zero-order valence-corrected chi connectivity index (χ0v) is 45.7. The van der Waals surface area contributed by atoms with Crippen molar-refractivity contribution in [3.63, 3.8) is 0 Å². The van der Waals surface area contributed by atoms with E-state index in [0.29, 0.717) is 51.6 Å². The van der Waals surface area contributed by atoms with E-state index in [4.69, 9.17) is 9.47 Å². The van der Waals surface area contributed by atoms with Crippen molar-refractivity contribution in [3.8, 4) is 11.5 Å². The summed E-state index contributed by atoms with van der Waals surface area (Å²) >= 11 is 0. The molecule has 8 bridgehead atoms.